The summed E-state index contributed by atoms with van der Waals surface area (Å²) in [4.78, 5) is 12.2. The van der Waals surface area contributed by atoms with E-state index < -0.39 is 0 Å². The van der Waals surface area contributed by atoms with Crippen molar-refractivity contribution in [3.8, 4) is 0 Å². The lowest BCUT2D eigenvalue weighted by Crippen LogP contribution is -2.18. The summed E-state index contributed by atoms with van der Waals surface area (Å²) < 4.78 is 0. The Bertz CT molecular complexity index is 303. The van der Waals surface area contributed by atoms with Crippen molar-refractivity contribution in [3.63, 3.8) is 0 Å². The molecule has 0 spiro atoms. The second-order valence-electron chi connectivity index (χ2n) is 3.15. The lowest BCUT2D eigenvalue weighted by molar-refractivity contribution is 0.105. The summed E-state index contributed by atoms with van der Waals surface area (Å²) in [5.41, 5.74) is 0. The number of carbonyl (C=O) groups is 1. The largest absolute Gasteiger partial charge is 0.388 e. The molecule has 76 valence electrons. The Kier molecular flexibility index (Phi) is 4.40. The molecule has 0 aromatic carbocycles. The Balaban J connectivity index is 2.41. The normalized spacial score (nSPS) is 13.0. The molecule has 2 nitrogen and oxygen atoms in total. The van der Waals surface area contributed by atoms with Crippen LogP contribution in [-0.4, -0.2) is 11.8 Å². The van der Waals surface area contributed by atoms with Crippen molar-refractivity contribution < 1.29 is 4.79 Å². The lowest BCUT2D eigenvalue weighted by Gasteiger charge is -2.06. The standard InChI is InChI=1S/C11H15NOS/c1-3-9(2)12-7-6-10(13)11-5-4-8-14-11/h4-9,12H,3H2,1-2H3/b7-6+. The van der Waals surface area contributed by atoms with Crippen molar-refractivity contribution in [1.29, 1.82) is 0 Å². The van der Waals surface area contributed by atoms with Crippen LogP contribution in [0.1, 0.15) is 29.9 Å². The maximum atomic E-state index is 11.5. The fourth-order valence-corrected chi connectivity index (χ4v) is 1.55. The highest BCUT2D eigenvalue weighted by Crippen LogP contribution is 2.09. The van der Waals surface area contributed by atoms with E-state index in [2.05, 4.69) is 19.2 Å². The van der Waals surface area contributed by atoms with Crippen LogP contribution in [0.3, 0.4) is 0 Å². The van der Waals surface area contributed by atoms with Crippen LogP contribution in [0.5, 0.6) is 0 Å². The summed E-state index contributed by atoms with van der Waals surface area (Å²) in [6.45, 7) is 4.19. The van der Waals surface area contributed by atoms with Gasteiger partial charge in [0.15, 0.2) is 5.78 Å². The summed E-state index contributed by atoms with van der Waals surface area (Å²) in [6, 6.07) is 4.14. The van der Waals surface area contributed by atoms with Gasteiger partial charge >= 0.3 is 0 Å². The third-order valence-electron chi connectivity index (χ3n) is 1.99. The molecule has 1 rings (SSSR count). The number of hydrogen-bond donors (Lipinski definition) is 1. The molecule has 1 heterocycles. The molecular weight excluding hydrogens is 194 g/mol. The minimum atomic E-state index is 0.0656. The molecule has 3 heteroatoms. The third-order valence-corrected chi connectivity index (χ3v) is 2.88. The van der Waals surface area contributed by atoms with Gasteiger partial charge in [0.2, 0.25) is 0 Å². The number of hydrogen-bond acceptors (Lipinski definition) is 3. The SMILES string of the molecule is CCC(C)N/C=C/C(=O)c1cccs1. The minimum absolute atomic E-state index is 0.0656. The summed E-state index contributed by atoms with van der Waals surface area (Å²) in [6.07, 6.45) is 4.37. The zero-order valence-electron chi connectivity index (χ0n) is 8.49. The molecule has 0 fully saturated rings. The van der Waals surface area contributed by atoms with Crippen LogP contribution in [0.2, 0.25) is 0 Å². The van der Waals surface area contributed by atoms with Gasteiger partial charge in [-0.05, 0) is 24.8 Å². The van der Waals surface area contributed by atoms with Gasteiger partial charge < -0.3 is 5.32 Å². The van der Waals surface area contributed by atoms with Gasteiger partial charge in [0.1, 0.15) is 0 Å². The predicted molar refractivity (Wildman–Crippen MR) is 60.7 cm³/mol. The molecule has 0 aliphatic rings. The number of thiophene rings is 1. The third kappa shape index (κ3) is 3.34. The molecule has 1 aromatic rings. The molecule has 0 saturated carbocycles. The van der Waals surface area contributed by atoms with Crippen molar-refractivity contribution in [2.24, 2.45) is 0 Å². The fraction of sp³-hybridized carbons (Fsp3) is 0.364. The number of ketones is 1. The number of rotatable bonds is 5. The summed E-state index contributed by atoms with van der Waals surface area (Å²) in [5, 5.41) is 5.03. The lowest BCUT2D eigenvalue weighted by atomic mass is 10.2. The maximum Gasteiger partial charge on any atom is 0.197 e. The summed E-state index contributed by atoms with van der Waals surface area (Å²) >= 11 is 1.47. The molecule has 0 saturated heterocycles. The Labute approximate surface area is 88.6 Å². The van der Waals surface area contributed by atoms with Gasteiger partial charge in [-0.1, -0.05) is 13.0 Å². The fourth-order valence-electron chi connectivity index (χ4n) is 0.907. The van der Waals surface area contributed by atoms with Gasteiger partial charge in [-0.25, -0.2) is 0 Å². The van der Waals surface area contributed by atoms with Crippen LogP contribution in [0.15, 0.2) is 29.8 Å². The zero-order chi connectivity index (χ0) is 10.4. The van der Waals surface area contributed by atoms with E-state index in [4.69, 9.17) is 0 Å². The number of nitrogens with one attached hydrogen (secondary N) is 1. The average Bonchev–Trinajstić information content (AvgIpc) is 2.70. The highest BCUT2D eigenvalue weighted by molar-refractivity contribution is 7.12. The number of carbonyl (C=O) groups excluding carboxylic acids is 1. The van der Waals surface area contributed by atoms with Crippen molar-refractivity contribution in [2.75, 3.05) is 0 Å². The molecular formula is C11H15NOS. The predicted octanol–water partition coefficient (Wildman–Crippen LogP) is 2.83. The topological polar surface area (TPSA) is 29.1 Å². The molecule has 1 unspecified atom stereocenters. The van der Waals surface area contributed by atoms with E-state index >= 15 is 0 Å². The van der Waals surface area contributed by atoms with Crippen LogP contribution < -0.4 is 5.32 Å². The molecule has 0 amide bonds. The van der Waals surface area contributed by atoms with Crippen LogP contribution in [0.4, 0.5) is 0 Å². The molecule has 0 radical (unpaired) electrons. The highest BCUT2D eigenvalue weighted by Gasteiger charge is 2.01. The van der Waals surface area contributed by atoms with E-state index in [9.17, 15) is 4.79 Å². The maximum absolute atomic E-state index is 11.5. The van der Waals surface area contributed by atoms with Gasteiger partial charge in [0.25, 0.3) is 0 Å². The van der Waals surface area contributed by atoms with E-state index in [-0.39, 0.29) is 5.78 Å². The first-order valence-electron chi connectivity index (χ1n) is 4.74. The molecule has 14 heavy (non-hydrogen) atoms. The minimum Gasteiger partial charge on any atom is -0.388 e. The molecule has 1 atom stereocenters. The second kappa shape index (κ2) is 5.60. The first-order valence-corrected chi connectivity index (χ1v) is 5.62. The summed E-state index contributed by atoms with van der Waals surface area (Å²) in [7, 11) is 0. The van der Waals surface area contributed by atoms with E-state index in [0.29, 0.717) is 6.04 Å². The van der Waals surface area contributed by atoms with E-state index in [1.54, 1.807) is 12.3 Å². The number of allylic oxidation sites excluding steroid dienone is 1. The van der Waals surface area contributed by atoms with Crippen molar-refractivity contribution in [1.82, 2.24) is 5.32 Å². The van der Waals surface area contributed by atoms with Crippen molar-refractivity contribution in [3.05, 3.63) is 34.7 Å². The van der Waals surface area contributed by atoms with Crippen LogP contribution in [0, 0.1) is 0 Å². The van der Waals surface area contributed by atoms with Gasteiger partial charge in [-0.15, -0.1) is 11.3 Å². The van der Waals surface area contributed by atoms with E-state index in [1.807, 2.05) is 17.5 Å². The average molecular weight is 209 g/mol. The Morgan fingerprint density at radius 3 is 3.07 bits per heavy atom. The quantitative estimate of drug-likeness (QED) is 0.597. The van der Waals surface area contributed by atoms with Crippen LogP contribution in [-0.2, 0) is 0 Å². The van der Waals surface area contributed by atoms with Gasteiger partial charge in [-0.3, -0.25) is 4.79 Å². The van der Waals surface area contributed by atoms with Crippen molar-refractivity contribution >= 4 is 17.1 Å². The van der Waals surface area contributed by atoms with E-state index in [0.717, 1.165) is 11.3 Å². The molecule has 1 aromatic heterocycles. The highest BCUT2D eigenvalue weighted by atomic mass is 32.1. The smallest absolute Gasteiger partial charge is 0.197 e. The Morgan fingerprint density at radius 2 is 2.50 bits per heavy atom. The van der Waals surface area contributed by atoms with Crippen molar-refractivity contribution in [2.45, 2.75) is 26.3 Å². The van der Waals surface area contributed by atoms with Gasteiger partial charge in [0, 0.05) is 18.3 Å². The van der Waals surface area contributed by atoms with Gasteiger partial charge in [0.05, 0.1) is 4.88 Å². The van der Waals surface area contributed by atoms with Gasteiger partial charge in [-0.2, -0.15) is 0 Å². The first-order chi connectivity index (χ1) is 6.74. The Hall–Kier alpha value is -1.09. The Morgan fingerprint density at radius 1 is 1.71 bits per heavy atom. The molecule has 1 N–H and O–H groups in total. The van der Waals surface area contributed by atoms with E-state index in [1.165, 1.54) is 11.3 Å². The van der Waals surface area contributed by atoms with Crippen LogP contribution in [0.25, 0.3) is 0 Å². The monoisotopic (exact) mass is 209 g/mol. The van der Waals surface area contributed by atoms with Crippen LogP contribution >= 0.6 is 11.3 Å². The zero-order valence-corrected chi connectivity index (χ0v) is 9.30. The summed E-state index contributed by atoms with van der Waals surface area (Å²) in [5.74, 6) is 0.0656. The molecule has 0 bridgehead atoms. The second-order valence-corrected chi connectivity index (χ2v) is 4.10. The molecule has 0 aliphatic carbocycles. The molecule has 0 aliphatic heterocycles. The first kappa shape index (κ1) is 11.0.